The van der Waals surface area contributed by atoms with Crippen molar-refractivity contribution in [1.82, 2.24) is 0 Å². The maximum absolute atomic E-state index is 11.1. The fourth-order valence-corrected chi connectivity index (χ4v) is 3.06. The van der Waals surface area contributed by atoms with Gasteiger partial charge in [0.25, 0.3) is 0 Å². The van der Waals surface area contributed by atoms with Crippen LogP contribution >= 0.6 is 0 Å². The van der Waals surface area contributed by atoms with Crippen LogP contribution in [0.3, 0.4) is 0 Å². The Morgan fingerprint density at radius 2 is 1.85 bits per heavy atom. The van der Waals surface area contributed by atoms with Crippen molar-refractivity contribution in [3.63, 3.8) is 0 Å². The van der Waals surface area contributed by atoms with E-state index in [-0.39, 0.29) is 18.1 Å². The molecule has 7 nitrogen and oxygen atoms in total. The van der Waals surface area contributed by atoms with E-state index in [4.69, 9.17) is 18.9 Å². The van der Waals surface area contributed by atoms with Crippen molar-refractivity contribution < 1.29 is 34.0 Å². The van der Waals surface area contributed by atoms with Gasteiger partial charge in [0.2, 0.25) is 0 Å². The van der Waals surface area contributed by atoms with E-state index in [0.717, 1.165) is 0 Å². The number of hydrogen-bond acceptors (Lipinski definition) is 7. The molecule has 138 valence electrons. The first-order chi connectivity index (χ1) is 12.4. The van der Waals surface area contributed by atoms with Crippen LogP contribution in [0.15, 0.2) is 30.3 Å². The summed E-state index contributed by atoms with van der Waals surface area (Å²) in [5.74, 6) is 0.629. The summed E-state index contributed by atoms with van der Waals surface area (Å²) in [6.07, 6.45) is -0.913. The average Bonchev–Trinajstić information content (AvgIpc) is 2.62. The van der Waals surface area contributed by atoms with Crippen molar-refractivity contribution in [1.29, 1.82) is 0 Å². The highest BCUT2D eigenvalue weighted by Gasteiger charge is 2.33. The number of aliphatic hydroxyl groups excluding tert-OH is 1. The van der Waals surface area contributed by atoms with E-state index in [2.05, 4.69) is 0 Å². The van der Waals surface area contributed by atoms with Crippen LogP contribution < -0.4 is 18.9 Å². The Bertz CT molecular complexity index is 831. The number of phenols is 1. The molecule has 1 heterocycles. The molecule has 2 aromatic rings. The SMILES string of the molecule is COc1cc2c(cc1O)[C@@H](O)[C@H](c1ccc(OC(C)=O)cc1OC)CO2. The minimum Gasteiger partial charge on any atom is -0.504 e. The monoisotopic (exact) mass is 360 g/mol. The lowest BCUT2D eigenvalue weighted by molar-refractivity contribution is -0.131. The van der Waals surface area contributed by atoms with Gasteiger partial charge in [0.1, 0.15) is 17.2 Å². The molecule has 26 heavy (non-hydrogen) atoms. The number of aliphatic hydroxyl groups is 1. The van der Waals surface area contributed by atoms with Crippen LogP contribution in [0.1, 0.15) is 30.1 Å². The second-order valence-corrected chi connectivity index (χ2v) is 5.92. The number of fused-ring (bicyclic) bond motifs is 1. The normalized spacial score (nSPS) is 18.5. The number of carbonyl (C=O) groups excluding carboxylic acids is 1. The summed E-state index contributed by atoms with van der Waals surface area (Å²) in [6.45, 7) is 1.53. The van der Waals surface area contributed by atoms with Crippen LogP contribution in [0.5, 0.6) is 28.7 Å². The van der Waals surface area contributed by atoms with Crippen molar-refractivity contribution in [2.75, 3.05) is 20.8 Å². The number of phenolic OH excluding ortho intramolecular Hbond substituents is 1. The summed E-state index contributed by atoms with van der Waals surface area (Å²) in [5, 5.41) is 20.8. The maximum atomic E-state index is 11.1. The molecule has 2 atom stereocenters. The Kier molecular flexibility index (Phi) is 4.90. The second-order valence-electron chi connectivity index (χ2n) is 5.92. The first-order valence-electron chi connectivity index (χ1n) is 8.02. The van der Waals surface area contributed by atoms with E-state index in [0.29, 0.717) is 28.4 Å². The fraction of sp³-hybridized carbons (Fsp3) is 0.316. The molecular weight excluding hydrogens is 340 g/mol. The molecule has 7 heteroatoms. The summed E-state index contributed by atoms with van der Waals surface area (Å²) >= 11 is 0. The van der Waals surface area contributed by atoms with Gasteiger partial charge in [-0.15, -0.1) is 0 Å². The Balaban J connectivity index is 1.96. The molecule has 0 amide bonds. The highest BCUT2D eigenvalue weighted by Crippen LogP contribution is 2.47. The fourth-order valence-electron chi connectivity index (χ4n) is 3.06. The molecule has 0 bridgehead atoms. The highest BCUT2D eigenvalue weighted by molar-refractivity contribution is 5.69. The van der Waals surface area contributed by atoms with Crippen molar-refractivity contribution >= 4 is 5.97 Å². The number of hydrogen-bond donors (Lipinski definition) is 2. The van der Waals surface area contributed by atoms with Crippen LogP contribution in [0.2, 0.25) is 0 Å². The van der Waals surface area contributed by atoms with Gasteiger partial charge in [-0.2, -0.15) is 0 Å². The lowest BCUT2D eigenvalue weighted by Gasteiger charge is -2.31. The van der Waals surface area contributed by atoms with Crippen molar-refractivity contribution in [2.24, 2.45) is 0 Å². The number of benzene rings is 2. The summed E-state index contributed by atoms with van der Waals surface area (Å²) in [5.41, 5.74) is 1.17. The van der Waals surface area contributed by atoms with E-state index in [1.165, 1.54) is 27.2 Å². The predicted octanol–water partition coefficient (Wildman–Crippen LogP) is 2.54. The smallest absolute Gasteiger partial charge is 0.308 e. The lowest BCUT2D eigenvalue weighted by atomic mass is 9.86. The quantitative estimate of drug-likeness (QED) is 0.639. The van der Waals surface area contributed by atoms with Crippen LogP contribution in [0.25, 0.3) is 0 Å². The van der Waals surface area contributed by atoms with E-state index in [1.807, 2.05) is 0 Å². The Hall–Kier alpha value is -2.93. The minimum atomic E-state index is -0.913. The highest BCUT2D eigenvalue weighted by atomic mass is 16.5. The Morgan fingerprint density at radius 3 is 2.50 bits per heavy atom. The molecular formula is C19H20O7. The molecule has 2 aromatic carbocycles. The summed E-state index contributed by atoms with van der Waals surface area (Å²) in [7, 11) is 2.94. The van der Waals surface area contributed by atoms with E-state index in [1.54, 1.807) is 24.3 Å². The van der Waals surface area contributed by atoms with E-state index >= 15 is 0 Å². The Morgan fingerprint density at radius 1 is 1.12 bits per heavy atom. The van der Waals surface area contributed by atoms with Crippen molar-refractivity contribution in [3.05, 3.63) is 41.5 Å². The van der Waals surface area contributed by atoms with Crippen LogP contribution in [-0.2, 0) is 4.79 Å². The number of ether oxygens (including phenoxy) is 4. The molecule has 0 aliphatic carbocycles. The minimum absolute atomic E-state index is 0.0771. The van der Waals surface area contributed by atoms with Crippen molar-refractivity contribution in [3.8, 4) is 28.7 Å². The van der Waals surface area contributed by atoms with Crippen molar-refractivity contribution in [2.45, 2.75) is 18.9 Å². The van der Waals surface area contributed by atoms with Gasteiger partial charge >= 0.3 is 5.97 Å². The molecule has 0 aromatic heterocycles. The summed E-state index contributed by atoms with van der Waals surface area (Å²) < 4.78 is 21.3. The number of aromatic hydroxyl groups is 1. The zero-order valence-corrected chi connectivity index (χ0v) is 14.7. The largest absolute Gasteiger partial charge is 0.504 e. The molecule has 0 saturated heterocycles. The molecule has 0 fully saturated rings. The third-order valence-corrected chi connectivity index (χ3v) is 4.30. The molecule has 3 rings (SSSR count). The molecule has 0 saturated carbocycles. The second kappa shape index (κ2) is 7.13. The average molecular weight is 360 g/mol. The number of carbonyl (C=O) groups is 1. The number of esters is 1. The summed E-state index contributed by atoms with van der Waals surface area (Å²) in [6, 6.07) is 7.93. The van der Waals surface area contributed by atoms with Gasteiger partial charge in [-0.3, -0.25) is 4.79 Å². The first-order valence-corrected chi connectivity index (χ1v) is 8.02. The first kappa shape index (κ1) is 17.9. The molecule has 0 radical (unpaired) electrons. The van der Waals surface area contributed by atoms with E-state index in [9.17, 15) is 15.0 Å². The molecule has 1 aliphatic heterocycles. The predicted molar refractivity (Wildman–Crippen MR) is 92.2 cm³/mol. The number of methoxy groups -OCH3 is 2. The molecule has 0 spiro atoms. The Labute approximate surface area is 150 Å². The zero-order chi connectivity index (χ0) is 18.8. The van der Waals surface area contributed by atoms with Crippen LogP contribution in [0, 0.1) is 0 Å². The molecule has 0 unspecified atom stereocenters. The third-order valence-electron chi connectivity index (χ3n) is 4.30. The third kappa shape index (κ3) is 3.25. The van der Waals surface area contributed by atoms with Gasteiger partial charge in [0.15, 0.2) is 11.5 Å². The van der Waals surface area contributed by atoms with Gasteiger partial charge < -0.3 is 29.2 Å². The van der Waals surface area contributed by atoms with Gasteiger partial charge in [-0.1, -0.05) is 6.07 Å². The maximum Gasteiger partial charge on any atom is 0.308 e. The van der Waals surface area contributed by atoms with Crippen LogP contribution in [-0.4, -0.2) is 37.0 Å². The van der Waals surface area contributed by atoms with Gasteiger partial charge in [-0.25, -0.2) is 0 Å². The number of rotatable bonds is 4. The topological polar surface area (TPSA) is 94.5 Å². The van der Waals surface area contributed by atoms with Gasteiger partial charge in [0.05, 0.1) is 32.8 Å². The lowest BCUT2D eigenvalue weighted by Crippen LogP contribution is -2.24. The van der Waals surface area contributed by atoms with Gasteiger partial charge in [-0.05, 0) is 12.1 Å². The van der Waals surface area contributed by atoms with Crippen LogP contribution in [0.4, 0.5) is 0 Å². The molecule has 1 aliphatic rings. The van der Waals surface area contributed by atoms with E-state index < -0.39 is 18.0 Å². The standard InChI is InChI=1S/C19H20O7/c1-10(20)26-11-4-5-12(16(6-11)23-2)14-9-25-17-8-18(24-3)15(21)7-13(17)19(14)22/h4-8,14,19,21-22H,9H2,1-3H3/t14-,19+/m0/s1. The van der Waals surface area contributed by atoms with Gasteiger partial charge in [0, 0.05) is 30.2 Å². The zero-order valence-electron chi connectivity index (χ0n) is 14.7. The summed E-state index contributed by atoms with van der Waals surface area (Å²) in [4.78, 5) is 11.1. The molecule has 2 N–H and O–H groups in total.